The fraction of sp³-hybridized carbons (Fsp3) is 0.250. The first-order valence-electron chi connectivity index (χ1n) is 8.62. The van der Waals surface area contributed by atoms with Crippen LogP contribution in [0.25, 0.3) is 22.7 Å². The second-order valence-electron chi connectivity index (χ2n) is 6.41. The minimum absolute atomic E-state index is 0. The fourth-order valence-corrected chi connectivity index (χ4v) is 3.17. The van der Waals surface area contributed by atoms with Gasteiger partial charge in [-0.15, -0.1) is 41.5 Å². The van der Waals surface area contributed by atoms with Crippen molar-refractivity contribution in [1.82, 2.24) is 4.98 Å². The molecule has 0 bridgehead atoms. The van der Waals surface area contributed by atoms with Crippen molar-refractivity contribution in [3.05, 3.63) is 90.0 Å². The average molecular weight is 536 g/mol. The van der Waals surface area contributed by atoms with E-state index >= 15 is 0 Å². The Labute approximate surface area is 178 Å². The number of aryl methyl sites for hydroxylation is 1. The summed E-state index contributed by atoms with van der Waals surface area (Å²) in [6.07, 6.45) is 8.13. The molecule has 1 heterocycles. The predicted octanol–water partition coefficient (Wildman–Crippen LogP) is 6.22. The predicted molar refractivity (Wildman–Crippen MR) is 114 cm³/mol. The Balaban J connectivity index is 0.00000127. The van der Waals surface area contributed by atoms with Gasteiger partial charge in [0.25, 0.3) is 0 Å². The van der Waals surface area contributed by atoms with E-state index in [-0.39, 0.29) is 25.5 Å². The van der Waals surface area contributed by atoms with Gasteiger partial charge in [-0.3, -0.25) is 6.58 Å². The van der Waals surface area contributed by atoms with Crippen LogP contribution < -0.4 is 0 Å². The molecule has 2 nitrogen and oxygen atoms in total. The van der Waals surface area contributed by atoms with E-state index in [1.165, 1.54) is 22.3 Å². The summed E-state index contributed by atoms with van der Waals surface area (Å²) in [5, 5.41) is 6.75. The summed E-state index contributed by atoms with van der Waals surface area (Å²) in [5.41, 5.74) is 7.50. The zero-order valence-electron chi connectivity index (χ0n) is 16.4. The van der Waals surface area contributed by atoms with Gasteiger partial charge in [0.15, 0.2) is 0 Å². The van der Waals surface area contributed by atoms with Gasteiger partial charge in [0.1, 0.15) is 0 Å². The molecule has 2 aromatic rings. The summed E-state index contributed by atoms with van der Waals surface area (Å²) in [6.45, 7) is 19.8. The molecule has 0 saturated heterocycles. The van der Waals surface area contributed by atoms with Crippen molar-refractivity contribution in [2.75, 3.05) is 0 Å². The molecule has 3 heteroatoms. The number of allylic oxidation sites excluding steroid dienone is 2. The SMILES string of the molecule is C=CCC1=Cc2cc(-c3cc(CC)ccn3)[c-]cc2C1(C)C.C=[N-].[CH-]=C.[Ir+3]. The summed E-state index contributed by atoms with van der Waals surface area (Å²) >= 11 is 0. The number of nitrogens with zero attached hydrogens (tertiary/aromatic N) is 2. The van der Waals surface area contributed by atoms with Crippen molar-refractivity contribution in [1.29, 1.82) is 0 Å². The monoisotopic (exact) mass is 536 g/mol. The van der Waals surface area contributed by atoms with Crippen LogP contribution in [0.3, 0.4) is 0 Å². The van der Waals surface area contributed by atoms with Crippen LogP contribution in [0, 0.1) is 12.6 Å². The quantitative estimate of drug-likeness (QED) is 0.260. The minimum Gasteiger partial charge on any atom is -0.817 e. The molecule has 0 unspecified atom stereocenters. The third-order valence-corrected chi connectivity index (χ3v) is 4.66. The van der Waals surface area contributed by atoms with E-state index in [4.69, 9.17) is 5.41 Å². The molecule has 142 valence electrons. The topological polar surface area (TPSA) is 35.2 Å². The normalized spacial score (nSPS) is 12.8. The Morgan fingerprint density at radius 1 is 1.26 bits per heavy atom. The Bertz CT molecular complexity index is 789. The molecule has 0 atom stereocenters. The van der Waals surface area contributed by atoms with Crippen LogP contribution in [0.15, 0.2) is 55.3 Å². The fourth-order valence-electron chi connectivity index (χ4n) is 3.17. The average Bonchev–Trinajstić information content (AvgIpc) is 2.95. The summed E-state index contributed by atoms with van der Waals surface area (Å²) in [5.74, 6) is 0. The first-order valence-corrected chi connectivity index (χ1v) is 8.62. The van der Waals surface area contributed by atoms with Crippen LogP contribution in [0.5, 0.6) is 0 Å². The summed E-state index contributed by atoms with van der Waals surface area (Å²) in [7, 11) is 0. The molecule has 0 saturated carbocycles. The van der Waals surface area contributed by atoms with Gasteiger partial charge < -0.3 is 17.0 Å². The van der Waals surface area contributed by atoms with Crippen LogP contribution in [0.1, 0.15) is 43.9 Å². The summed E-state index contributed by atoms with van der Waals surface area (Å²) < 4.78 is 0. The van der Waals surface area contributed by atoms with E-state index in [0.29, 0.717) is 0 Å². The van der Waals surface area contributed by atoms with E-state index in [2.05, 4.69) is 88.6 Å². The third kappa shape index (κ3) is 5.45. The zero-order chi connectivity index (χ0) is 19.7. The molecule has 0 aliphatic heterocycles. The number of benzene rings is 1. The second kappa shape index (κ2) is 11.6. The maximum Gasteiger partial charge on any atom is 3.00 e. The second-order valence-corrected chi connectivity index (χ2v) is 6.41. The standard InChI is InChI=1S/C21H22N.C2H3.CH2N.Ir/c1-5-7-18-14-17-13-16(8-9-19(17)21(18,3)4)20-12-15(6-2)10-11-22-20;2*1-2;/h5,9-14H,1,6-7H2,2-4H3;1H,2H2;1H2;/q3*-1;+3. The molecule has 0 fully saturated rings. The maximum atomic E-state index is 6.75. The van der Waals surface area contributed by atoms with Crippen molar-refractivity contribution >= 4 is 12.8 Å². The van der Waals surface area contributed by atoms with Gasteiger partial charge in [0, 0.05) is 6.20 Å². The van der Waals surface area contributed by atoms with Gasteiger partial charge in [-0.1, -0.05) is 50.1 Å². The molecule has 1 aliphatic carbocycles. The zero-order valence-corrected chi connectivity index (χ0v) is 18.8. The van der Waals surface area contributed by atoms with E-state index in [0.717, 1.165) is 24.1 Å². The molecule has 27 heavy (non-hydrogen) atoms. The summed E-state index contributed by atoms with van der Waals surface area (Å²) in [4.78, 5) is 4.51. The van der Waals surface area contributed by atoms with Crippen molar-refractivity contribution in [3.63, 3.8) is 0 Å². The maximum absolute atomic E-state index is 6.75. The Morgan fingerprint density at radius 3 is 2.52 bits per heavy atom. The van der Waals surface area contributed by atoms with Gasteiger partial charge in [0.05, 0.1) is 0 Å². The number of rotatable bonds is 4. The van der Waals surface area contributed by atoms with E-state index in [9.17, 15) is 0 Å². The van der Waals surface area contributed by atoms with Crippen LogP contribution in [0.2, 0.25) is 0 Å². The van der Waals surface area contributed by atoms with Gasteiger partial charge >= 0.3 is 20.1 Å². The van der Waals surface area contributed by atoms with Gasteiger partial charge in [-0.25, -0.2) is 6.72 Å². The first kappa shape index (κ1) is 24.9. The molecule has 0 N–H and O–H groups in total. The van der Waals surface area contributed by atoms with Crippen molar-refractivity contribution in [3.8, 4) is 11.3 Å². The minimum atomic E-state index is 0. The van der Waals surface area contributed by atoms with Crippen molar-refractivity contribution < 1.29 is 20.1 Å². The van der Waals surface area contributed by atoms with Crippen molar-refractivity contribution in [2.24, 2.45) is 0 Å². The molecule has 0 radical (unpaired) electrons. The first-order chi connectivity index (χ1) is 12.6. The van der Waals surface area contributed by atoms with E-state index in [1.54, 1.807) is 0 Å². The smallest absolute Gasteiger partial charge is 0.817 e. The van der Waals surface area contributed by atoms with E-state index in [1.807, 2.05) is 12.3 Å². The Kier molecular flexibility index (Phi) is 10.7. The van der Waals surface area contributed by atoms with Crippen LogP contribution in [-0.2, 0) is 31.9 Å². The number of fused-ring (bicyclic) bond motifs is 1. The number of pyridine rings is 1. The van der Waals surface area contributed by atoms with Gasteiger partial charge in [-0.2, -0.15) is 0 Å². The molecule has 0 amide bonds. The summed E-state index contributed by atoms with van der Waals surface area (Å²) in [6, 6.07) is 12.0. The van der Waals surface area contributed by atoms with Gasteiger partial charge in [0.2, 0.25) is 0 Å². The molecule has 0 spiro atoms. The largest absolute Gasteiger partial charge is 3.00 e. The Hall–Kier alpha value is -2.09. The van der Waals surface area contributed by atoms with Crippen LogP contribution >= 0.6 is 0 Å². The van der Waals surface area contributed by atoms with E-state index < -0.39 is 0 Å². The van der Waals surface area contributed by atoms with Crippen LogP contribution in [0.4, 0.5) is 0 Å². The third-order valence-electron chi connectivity index (χ3n) is 4.66. The Morgan fingerprint density at radius 2 is 1.93 bits per heavy atom. The molecular weight excluding hydrogens is 508 g/mol. The van der Waals surface area contributed by atoms with Gasteiger partial charge in [-0.05, 0) is 30.0 Å². The number of aromatic nitrogens is 1. The number of hydrogen-bond donors (Lipinski definition) is 0. The molecule has 3 rings (SSSR count). The number of hydrogen-bond acceptors (Lipinski definition) is 1. The molecule has 1 aromatic heterocycles. The molecule has 1 aliphatic rings. The molecule has 1 aromatic carbocycles. The van der Waals surface area contributed by atoms with Crippen molar-refractivity contribution in [2.45, 2.75) is 39.0 Å². The molecular formula is C24H27IrN2. The van der Waals surface area contributed by atoms with Crippen LogP contribution in [-0.4, -0.2) is 11.7 Å².